The molecule has 0 spiro atoms. The van der Waals surface area contributed by atoms with Crippen molar-refractivity contribution in [1.29, 1.82) is 0 Å². The second-order valence-electron chi connectivity index (χ2n) is 6.30. The summed E-state index contributed by atoms with van der Waals surface area (Å²) in [6.07, 6.45) is 2.04. The highest BCUT2D eigenvalue weighted by Crippen LogP contribution is 2.28. The number of benzene rings is 1. The van der Waals surface area contributed by atoms with Gasteiger partial charge < -0.3 is 10.4 Å². The fourth-order valence-corrected chi connectivity index (χ4v) is 3.82. The Kier molecular flexibility index (Phi) is 6.95. The third kappa shape index (κ3) is 6.47. The second-order valence-corrected chi connectivity index (χ2v) is 8.23. The monoisotopic (exact) mass is 368 g/mol. The summed E-state index contributed by atoms with van der Waals surface area (Å²) in [5.74, 6) is -1.78. The zero-order chi connectivity index (χ0) is 18.3. The topological polar surface area (TPSA) is 113 Å². The molecule has 1 aromatic carbocycles. The summed E-state index contributed by atoms with van der Waals surface area (Å²) in [5, 5.41) is 11.6. The molecule has 138 valence electrons. The van der Waals surface area contributed by atoms with Crippen molar-refractivity contribution < 1.29 is 23.1 Å². The number of rotatable bonds is 8. The van der Waals surface area contributed by atoms with E-state index in [-0.39, 0.29) is 36.6 Å². The quantitative estimate of drug-likeness (QED) is 0.636. The molecule has 8 heteroatoms. The van der Waals surface area contributed by atoms with E-state index in [0.717, 1.165) is 5.56 Å². The van der Waals surface area contributed by atoms with Gasteiger partial charge in [-0.1, -0.05) is 30.3 Å². The van der Waals surface area contributed by atoms with E-state index < -0.39 is 16.0 Å². The maximum atomic E-state index is 12.1. The van der Waals surface area contributed by atoms with Crippen LogP contribution in [0.1, 0.15) is 31.2 Å². The number of carboxylic acid groups (broad SMARTS) is 1. The molecule has 1 fully saturated rings. The van der Waals surface area contributed by atoms with Gasteiger partial charge in [0.1, 0.15) is 0 Å². The summed E-state index contributed by atoms with van der Waals surface area (Å²) in [5.41, 5.74) is 0.866. The van der Waals surface area contributed by atoms with E-state index in [9.17, 15) is 18.0 Å². The van der Waals surface area contributed by atoms with Crippen LogP contribution in [0.3, 0.4) is 0 Å². The minimum Gasteiger partial charge on any atom is -0.481 e. The van der Waals surface area contributed by atoms with Crippen LogP contribution in [0, 0.1) is 11.8 Å². The van der Waals surface area contributed by atoms with Crippen LogP contribution in [0.15, 0.2) is 30.3 Å². The molecule has 2 rings (SSSR count). The van der Waals surface area contributed by atoms with Gasteiger partial charge in [0.2, 0.25) is 15.9 Å². The average molecular weight is 368 g/mol. The lowest BCUT2D eigenvalue weighted by molar-refractivity contribution is -0.144. The maximum Gasteiger partial charge on any atom is 0.306 e. The van der Waals surface area contributed by atoms with Crippen LogP contribution in [0.5, 0.6) is 0 Å². The van der Waals surface area contributed by atoms with Gasteiger partial charge in [-0.15, -0.1) is 0 Å². The van der Waals surface area contributed by atoms with Crippen molar-refractivity contribution in [3.05, 3.63) is 35.9 Å². The van der Waals surface area contributed by atoms with Gasteiger partial charge in [0, 0.05) is 19.0 Å². The van der Waals surface area contributed by atoms with Gasteiger partial charge in [0.05, 0.1) is 11.7 Å². The summed E-state index contributed by atoms with van der Waals surface area (Å²) in [4.78, 5) is 23.0. The van der Waals surface area contributed by atoms with E-state index in [1.165, 1.54) is 0 Å². The van der Waals surface area contributed by atoms with Crippen LogP contribution in [0.2, 0.25) is 0 Å². The number of carboxylic acids is 1. The first-order chi connectivity index (χ1) is 11.9. The summed E-state index contributed by atoms with van der Waals surface area (Å²) in [7, 11) is -3.47. The van der Waals surface area contributed by atoms with E-state index in [2.05, 4.69) is 10.0 Å². The molecule has 1 aliphatic carbocycles. The van der Waals surface area contributed by atoms with Crippen molar-refractivity contribution in [3.63, 3.8) is 0 Å². The van der Waals surface area contributed by atoms with Crippen molar-refractivity contribution in [3.8, 4) is 0 Å². The second kappa shape index (κ2) is 8.96. The fraction of sp³-hybridized carbons (Fsp3) is 0.529. The number of hydrogen-bond donors (Lipinski definition) is 3. The smallest absolute Gasteiger partial charge is 0.306 e. The van der Waals surface area contributed by atoms with Crippen molar-refractivity contribution >= 4 is 21.9 Å². The Morgan fingerprint density at radius 2 is 1.64 bits per heavy atom. The molecule has 25 heavy (non-hydrogen) atoms. The molecule has 0 aliphatic heterocycles. The Morgan fingerprint density at radius 3 is 2.24 bits per heavy atom. The number of hydrogen-bond acceptors (Lipinski definition) is 4. The van der Waals surface area contributed by atoms with Gasteiger partial charge >= 0.3 is 5.97 Å². The largest absolute Gasteiger partial charge is 0.481 e. The van der Waals surface area contributed by atoms with E-state index in [0.29, 0.717) is 25.7 Å². The maximum absolute atomic E-state index is 12.1. The molecule has 0 saturated heterocycles. The van der Waals surface area contributed by atoms with Crippen molar-refractivity contribution in [2.75, 3.05) is 12.3 Å². The molecule has 1 amide bonds. The van der Waals surface area contributed by atoms with E-state index in [1.54, 1.807) is 0 Å². The van der Waals surface area contributed by atoms with Crippen LogP contribution in [0.25, 0.3) is 0 Å². The molecule has 0 aromatic heterocycles. The minimum absolute atomic E-state index is 0.0435. The predicted octanol–water partition coefficient (Wildman–Crippen LogP) is 1.11. The van der Waals surface area contributed by atoms with E-state index >= 15 is 0 Å². The Morgan fingerprint density at radius 1 is 1.04 bits per heavy atom. The standard InChI is InChI=1S/C17H24N2O5S/c20-16(14-6-8-15(9-7-14)17(21)22)18-10-11-25(23,24)19-12-13-4-2-1-3-5-13/h1-5,14-15,19H,6-12H2,(H,18,20)(H,21,22). The molecule has 1 aromatic rings. The third-order valence-corrected chi connectivity index (χ3v) is 5.78. The summed E-state index contributed by atoms with van der Waals surface area (Å²) in [6.45, 7) is 0.262. The number of carbonyl (C=O) groups excluding carboxylic acids is 1. The normalized spacial score (nSPS) is 20.8. The van der Waals surface area contributed by atoms with Gasteiger partial charge in [0.25, 0.3) is 0 Å². The summed E-state index contributed by atoms with van der Waals surface area (Å²) >= 11 is 0. The average Bonchev–Trinajstić information content (AvgIpc) is 2.61. The van der Waals surface area contributed by atoms with Crippen molar-refractivity contribution in [2.45, 2.75) is 32.2 Å². The number of carbonyl (C=O) groups is 2. The van der Waals surface area contributed by atoms with Crippen LogP contribution >= 0.6 is 0 Å². The fourth-order valence-electron chi connectivity index (χ4n) is 2.92. The lowest BCUT2D eigenvalue weighted by atomic mass is 9.81. The van der Waals surface area contributed by atoms with Crippen LogP contribution in [-0.2, 0) is 26.2 Å². The van der Waals surface area contributed by atoms with Crippen LogP contribution in [0.4, 0.5) is 0 Å². The lowest BCUT2D eigenvalue weighted by Gasteiger charge is -2.25. The summed E-state index contributed by atoms with van der Waals surface area (Å²) in [6, 6.07) is 9.19. The molecule has 0 bridgehead atoms. The molecule has 0 radical (unpaired) electrons. The first kappa shape index (κ1) is 19.4. The SMILES string of the molecule is O=C(O)C1CCC(C(=O)NCCS(=O)(=O)NCc2ccccc2)CC1. The Bertz CT molecular complexity index is 682. The van der Waals surface area contributed by atoms with Gasteiger partial charge in [-0.2, -0.15) is 0 Å². The van der Waals surface area contributed by atoms with E-state index in [1.807, 2.05) is 30.3 Å². The number of amides is 1. The molecule has 0 unspecified atom stereocenters. The minimum atomic E-state index is -3.47. The molecule has 1 saturated carbocycles. The zero-order valence-corrected chi connectivity index (χ0v) is 14.8. The molecule has 3 N–H and O–H groups in total. The van der Waals surface area contributed by atoms with Gasteiger partial charge in [0.15, 0.2) is 0 Å². The Balaban J connectivity index is 1.69. The van der Waals surface area contributed by atoms with Crippen molar-refractivity contribution in [2.24, 2.45) is 11.8 Å². The van der Waals surface area contributed by atoms with Gasteiger partial charge in [-0.05, 0) is 31.2 Å². The Hall–Kier alpha value is -1.93. The highest BCUT2D eigenvalue weighted by atomic mass is 32.2. The number of aliphatic carboxylic acids is 1. The van der Waals surface area contributed by atoms with Crippen LogP contribution < -0.4 is 10.0 Å². The third-order valence-electron chi connectivity index (χ3n) is 4.46. The number of nitrogens with one attached hydrogen (secondary N) is 2. The van der Waals surface area contributed by atoms with Crippen molar-refractivity contribution in [1.82, 2.24) is 10.0 Å². The molecule has 1 aliphatic rings. The van der Waals surface area contributed by atoms with Crippen LogP contribution in [-0.4, -0.2) is 37.7 Å². The zero-order valence-electron chi connectivity index (χ0n) is 14.0. The highest BCUT2D eigenvalue weighted by Gasteiger charge is 2.29. The highest BCUT2D eigenvalue weighted by molar-refractivity contribution is 7.89. The lowest BCUT2D eigenvalue weighted by Crippen LogP contribution is -2.38. The van der Waals surface area contributed by atoms with Gasteiger partial charge in [-0.3, -0.25) is 9.59 Å². The predicted molar refractivity (Wildman–Crippen MR) is 93.2 cm³/mol. The molecule has 0 atom stereocenters. The molecule has 0 heterocycles. The first-order valence-corrected chi connectivity index (χ1v) is 10.0. The van der Waals surface area contributed by atoms with Gasteiger partial charge in [-0.25, -0.2) is 13.1 Å². The first-order valence-electron chi connectivity index (χ1n) is 8.39. The Labute approximate surface area is 147 Å². The van der Waals surface area contributed by atoms with E-state index in [4.69, 9.17) is 5.11 Å². The molecular formula is C17H24N2O5S. The summed E-state index contributed by atoms with van der Waals surface area (Å²) < 4.78 is 26.4. The molecule has 7 nitrogen and oxygen atoms in total. The molecular weight excluding hydrogens is 344 g/mol. The number of sulfonamides is 1.